The van der Waals surface area contributed by atoms with E-state index < -0.39 is 17.6 Å². The Kier molecular flexibility index (Phi) is 6.34. The number of amides is 1. The van der Waals surface area contributed by atoms with Crippen molar-refractivity contribution < 1.29 is 22.7 Å². The fourth-order valence-corrected chi connectivity index (χ4v) is 3.40. The standard InChI is InChI=1S/C20H14ClF3N2O2S/c1-2-9-28-14-6-3-12(4-7-14)10-17-18(27)26-19(29-17)25-16-8-5-13(21)11-15(16)20(22,23)24/h2-8,10-11H,1,9H2,(H,25,26,27). The Morgan fingerprint density at radius 3 is 2.59 bits per heavy atom. The predicted octanol–water partition coefficient (Wildman–Crippen LogP) is 5.82. The molecule has 0 radical (unpaired) electrons. The van der Waals surface area contributed by atoms with Gasteiger partial charge in [0.25, 0.3) is 5.91 Å². The number of aliphatic imine (C=N–C) groups is 1. The lowest BCUT2D eigenvalue weighted by Gasteiger charge is -2.10. The average Bonchev–Trinajstić information content (AvgIpc) is 3.00. The SMILES string of the molecule is C=CCOc1ccc(C=C2SC(=Nc3ccc(Cl)cc3C(F)(F)F)NC2=O)cc1. The summed E-state index contributed by atoms with van der Waals surface area (Å²) in [5, 5.41) is 2.48. The first-order valence-corrected chi connectivity index (χ1v) is 9.46. The second kappa shape index (κ2) is 8.75. The minimum absolute atomic E-state index is 0.0505. The van der Waals surface area contributed by atoms with Crippen LogP contribution in [0.1, 0.15) is 11.1 Å². The molecule has 0 unspecified atom stereocenters. The van der Waals surface area contributed by atoms with Crippen LogP contribution in [0.3, 0.4) is 0 Å². The number of carbonyl (C=O) groups excluding carboxylic acids is 1. The second-order valence-electron chi connectivity index (χ2n) is 5.81. The first kappa shape index (κ1) is 21.0. The van der Waals surface area contributed by atoms with Gasteiger partial charge in [-0.3, -0.25) is 4.79 Å². The molecule has 0 saturated carbocycles. The highest BCUT2D eigenvalue weighted by molar-refractivity contribution is 8.18. The summed E-state index contributed by atoms with van der Waals surface area (Å²) in [6.07, 6.45) is -1.38. The molecular weight excluding hydrogens is 425 g/mol. The quantitative estimate of drug-likeness (QED) is 0.473. The van der Waals surface area contributed by atoms with Crippen molar-refractivity contribution in [3.63, 3.8) is 0 Å². The highest BCUT2D eigenvalue weighted by Crippen LogP contribution is 2.39. The van der Waals surface area contributed by atoms with Crippen molar-refractivity contribution in [1.82, 2.24) is 5.32 Å². The third-order valence-corrected chi connectivity index (χ3v) is 4.83. The normalized spacial score (nSPS) is 16.9. The van der Waals surface area contributed by atoms with Gasteiger partial charge in [0.05, 0.1) is 16.2 Å². The van der Waals surface area contributed by atoms with Gasteiger partial charge in [-0.2, -0.15) is 13.2 Å². The molecule has 9 heteroatoms. The molecule has 1 amide bonds. The Balaban J connectivity index is 1.82. The average molecular weight is 439 g/mol. The van der Waals surface area contributed by atoms with E-state index in [4.69, 9.17) is 16.3 Å². The van der Waals surface area contributed by atoms with Gasteiger partial charge in [0.1, 0.15) is 12.4 Å². The van der Waals surface area contributed by atoms with Crippen LogP contribution in [0.25, 0.3) is 6.08 Å². The van der Waals surface area contributed by atoms with Crippen LogP contribution in [-0.4, -0.2) is 17.7 Å². The summed E-state index contributed by atoms with van der Waals surface area (Å²) in [7, 11) is 0. The number of ether oxygens (including phenoxy) is 1. The molecule has 0 aliphatic carbocycles. The zero-order valence-electron chi connectivity index (χ0n) is 14.8. The maximum absolute atomic E-state index is 13.2. The van der Waals surface area contributed by atoms with Crippen LogP contribution in [-0.2, 0) is 11.0 Å². The molecule has 1 saturated heterocycles. The molecule has 0 bridgehead atoms. The molecule has 1 aliphatic heterocycles. The molecular formula is C20H14ClF3N2O2S. The van der Waals surface area contributed by atoms with Gasteiger partial charge in [0.2, 0.25) is 0 Å². The topological polar surface area (TPSA) is 50.7 Å². The molecule has 3 rings (SSSR count). The third kappa shape index (κ3) is 5.42. The number of thioether (sulfide) groups is 1. The molecule has 2 aromatic carbocycles. The van der Waals surface area contributed by atoms with E-state index in [1.54, 1.807) is 36.4 Å². The monoisotopic (exact) mass is 438 g/mol. The Bertz CT molecular complexity index is 1000. The molecule has 1 fully saturated rings. The van der Waals surface area contributed by atoms with Crippen LogP contribution in [0.5, 0.6) is 5.75 Å². The van der Waals surface area contributed by atoms with E-state index in [0.717, 1.165) is 29.5 Å². The number of hydrogen-bond acceptors (Lipinski definition) is 4. The fourth-order valence-electron chi connectivity index (χ4n) is 2.39. The maximum atomic E-state index is 13.2. The summed E-state index contributed by atoms with van der Waals surface area (Å²) >= 11 is 6.62. The van der Waals surface area contributed by atoms with Crippen LogP contribution in [0.15, 0.2) is 65.0 Å². The molecule has 0 aromatic heterocycles. The number of amidine groups is 1. The van der Waals surface area contributed by atoms with Crippen LogP contribution in [0.2, 0.25) is 5.02 Å². The van der Waals surface area contributed by atoms with Gasteiger partial charge in [-0.15, -0.1) is 0 Å². The molecule has 0 atom stereocenters. The highest BCUT2D eigenvalue weighted by Gasteiger charge is 2.34. The Hall–Kier alpha value is -2.71. The smallest absolute Gasteiger partial charge is 0.418 e. The lowest BCUT2D eigenvalue weighted by Crippen LogP contribution is -2.19. The summed E-state index contributed by atoms with van der Waals surface area (Å²) in [6, 6.07) is 10.3. The minimum atomic E-state index is -4.62. The molecule has 29 heavy (non-hydrogen) atoms. The van der Waals surface area contributed by atoms with Crippen LogP contribution in [0, 0.1) is 0 Å². The number of nitrogens with zero attached hydrogens (tertiary/aromatic N) is 1. The Labute approximate surface area is 174 Å². The van der Waals surface area contributed by atoms with Crippen molar-refractivity contribution in [1.29, 1.82) is 0 Å². The van der Waals surface area contributed by atoms with E-state index in [0.29, 0.717) is 17.3 Å². The maximum Gasteiger partial charge on any atom is 0.418 e. The van der Waals surface area contributed by atoms with Crippen LogP contribution < -0.4 is 10.1 Å². The molecule has 4 nitrogen and oxygen atoms in total. The fraction of sp³-hybridized carbons (Fsp3) is 0.100. The number of hydrogen-bond donors (Lipinski definition) is 1. The number of alkyl halides is 3. The molecule has 2 aromatic rings. The lowest BCUT2D eigenvalue weighted by atomic mass is 10.2. The Morgan fingerprint density at radius 1 is 1.21 bits per heavy atom. The van der Waals surface area contributed by atoms with E-state index in [2.05, 4.69) is 16.9 Å². The molecule has 1 N–H and O–H groups in total. The van der Waals surface area contributed by atoms with Gasteiger partial charge < -0.3 is 10.1 Å². The van der Waals surface area contributed by atoms with Crippen molar-refractivity contribution in [2.24, 2.45) is 4.99 Å². The second-order valence-corrected chi connectivity index (χ2v) is 7.28. The van der Waals surface area contributed by atoms with Crippen molar-refractivity contribution in [2.45, 2.75) is 6.18 Å². The van der Waals surface area contributed by atoms with E-state index in [1.165, 1.54) is 6.07 Å². The molecule has 1 aliphatic rings. The van der Waals surface area contributed by atoms with Gasteiger partial charge in [-0.25, -0.2) is 4.99 Å². The Morgan fingerprint density at radius 2 is 1.93 bits per heavy atom. The molecule has 0 spiro atoms. The summed E-state index contributed by atoms with van der Waals surface area (Å²) < 4.78 is 45.0. The molecule has 1 heterocycles. The first-order chi connectivity index (χ1) is 13.8. The van der Waals surface area contributed by atoms with Gasteiger partial charge in [-0.05, 0) is 53.7 Å². The zero-order valence-corrected chi connectivity index (χ0v) is 16.4. The van der Waals surface area contributed by atoms with Gasteiger partial charge in [-0.1, -0.05) is 36.4 Å². The van der Waals surface area contributed by atoms with Crippen molar-refractivity contribution in [3.05, 3.63) is 76.2 Å². The van der Waals surface area contributed by atoms with Gasteiger partial charge in [0.15, 0.2) is 5.17 Å². The number of carbonyl (C=O) groups is 1. The van der Waals surface area contributed by atoms with E-state index in [1.807, 2.05) is 0 Å². The minimum Gasteiger partial charge on any atom is -0.490 e. The highest BCUT2D eigenvalue weighted by atomic mass is 35.5. The van der Waals surface area contributed by atoms with Gasteiger partial charge in [0, 0.05) is 5.02 Å². The van der Waals surface area contributed by atoms with Crippen molar-refractivity contribution in [2.75, 3.05) is 6.61 Å². The summed E-state index contributed by atoms with van der Waals surface area (Å²) in [6.45, 7) is 3.95. The third-order valence-electron chi connectivity index (χ3n) is 3.68. The van der Waals surface area contributed by atoms with Crippen LogP contribution >= 0.6 is 23.4 Å². The lowest BCUT2D eigenvalue weighted by molar-refractivity contribution is -0.137. The zero-order chi connectivity index (χ0) is 21.0. The summed E-state index contributed by atoms with van der Waals surface area (Å²) in [5.41, 5.74) is -0.563. The van der Waals surface area contributed by atoms with E-state index in [9.17, 15) is 18.0 Å². The van der Waals surface area contributed by atoms with Crippen molar-refractivity contribution in [3.8, 4) is 5.75 Å². The van der Waals surface area contributed by atoms with Gasteiger partial charge >= 0.3 is 6.18 Å². The number of rotatable bonds is 5. The largest absolute Gasteiger partial charge is 0.490 e. The first-order valence-electron chi connectivity index (χ1n) is 8.26. The molecule has 150 valence electrons. The predicted molar refractivity (Wildman–Crippen MR) is 109 cm³/mol. The summed E-state index contributed by atoms with van der Waals surface area (Å²) in [4.78, 5) is 16.4. The van der Waals surface area contributed by atoms with E-state index >= 15 is 0 Å². The number of benzene rings is 2. The number of nitrogens with one attached hydrogen (secondary N) is 1. The van der Waals surface area contributed by atoms with Crippen molar-refractivity contribution >= 4 is 46.2 Å². The number of halogens is 4. The van der Waals surface area contributed by atoms with E-state index in [-0.39, 0.29) is 15.9 Å². The summed E-state index contributed by atoms with van der Waals surface area (Å²) in [5.74, 6) is 0.212. The van der Waals surface area contributed by atoms with Crippen LogP contribution in [0.4, 0.5) is 18.9 Å².